The molecule has 0 unspecified atom stereocenters. The molecule has 0 spiro atoms. The van der Waals surface area contributed by atoms with Gasteiger partial charge in [-0.3, -0.25) is 0 Å². The van der Waals surface area contributed by atoms with Crippen molar-refractivity contribution in [3.05, 3.63) is 271 Å². The summed E-state index contributed by atoms with van der Waals surface area (Å²) in [5, 5.41) is 0. The predicted octanol–water partition coefficient (Wildman–Crippen LogP) is 18.7. The molecule has 1 heteroatoms. The Bertz CT molecular complexity index is 3310. The molecule has 0 atom stereocenters. The van der Waals surface area contributed by atoms with Gasteiger partial charge in [0.15, 0.2) is 0 Å². The molecule has 1 aliphatic rings. The van der Waals surface area contributed by atoms with Crippen molar-refractivity contribution < 1.29 is 0 Å². The van der Waals surface area contributed by atoms with E-state index in [2.05, 4.69) is 280 Å². The summed E-state index contributed by atoms with van der Waals surface area (Å²) in [5.74, 6) is 0. The lowest BCUT2D eigenvalue weighted by atomic mass is 9.73. The molecule has 0 aliphatic heterocycles. The molecular weight excluding hydrogens is 819 g/mol. The molecule has 326 valence electrons. The number of para-hydroxylation sites is 2. The number of benzene rings is 10. The maximum absolute atomic E-state index is 2.46. The highest BCUT2D eigenvalue weighted by Crippen LogP contribution is 2.55. The monoisotopic (exact) mass is 871 g/mol. The SMILES string of the molecule is CCC1(CC)c2cc(/C=C/c3ccc(-c4cc(-c5ccccc5)c(-c5ccccc5)c(-c5ccccc5)c4-c4ccccc4)cc3)ccc2-c2ccc(N(c3ccccc3)c3ccccc3)cc21. The number of hydrogen-bond acceptors (Lipinski definition) is 1. The summed E-state index contributed by atoms with van der Waals surface area (Å²) in [6, 6.07) is 90.8. The molecule has 1 aliphatic carbocycles. The van der Waals surface area contributed by atoms with Gasteiger partial charge in [-0.25, -0.2) is 0 Å². The normalized spacial score (nSPS) is 12.4. The predicted molar refractivity (Wildman–Crippen MR) is 290 cm³/mol. The van der Waals surface area contributed by atoms with E-state index in [0.29, 0.717) is 0 Å². The summed E-state index contributed by atoms with van der Waals surface area (Å²) < 4.78 is 0. The minimum atomic E-state index is -0.0883. The van der Waals surface area contributed by atoms with E-state index in [1.165, 1.54) is 89.1 Å². The molecule has 0 heterocycles. The minimum Gasteiger partial charge on any atom is -0.310 e. The molecule has 0 aromatic heterocycles. The fourth-order valence-corrected chi connectivity index (χ4v) is 10.8. The molecule has 0 N–H and O–H groups in total. The second-order valence-corrected chi connectivity index (χ2v) is 17.8. The molecule has 11 rings (SSSR count). The van der Waals surface area contributed by atoms with Gasteiger partial charge in [-0.05, 0) is 144 Å². The van der Waals surface area contributed by atoms with E-state index in [-0.39, 0.29) is 5.41 Å². The molecule has 0 saturated carbocycles. The molecular formula is C67H53N. The summed E-state index contributed by atoms with van der Waals surface area (Å²) in [5.41, 5.74) is 23.4. The van der Waals surface area contributed by atoms with Gasteiger partial charge in [-0.2, -0.15) is 0 Å². The standard InChI is InChI=1S/C67H53N/c1-3-67(4-2)62-45-49(39-43-58(62)59-44-42-57(46-63(59)67)68(55-31-19-9-20-32-55)56-33-21-10-22-34-56)36-35-48-37-40-51(41-38-48)61-47-60(50-23-11-5-12-24-50)64(52-25-13-6-14-26-52)66(54-29-17-8-18-30-54)65(61)53-27-15-7-16-28-53/h5-47H,3-4H2,1-2H3/b36-35+. The van der Waals surface area contributed by atoms with Crippen molar-refractivity contribution in [3.63, 3.8) is 0 Å². The first-order valence-electron chi connectivity index (χ1n) is 24.0. The second-order valence-electron chi connectivity index (χ2n) is 17.8. The third kappa shape index (κ3) is 7.76. The Morgan fingerprint density at radius 2 is 0.691 bits per heavy atom. The van der Waals surface area contributed by atoms with Crippen molar-refractivity contribution in [1.29, 1.82) is 0 Å². The lowest BCUT2D eigenvalue weighted by Gasteiger charge is -2.32. The first-order valence-corrected chi connectivity index (χ1v) is 24.0. The van der Waals surface area contributed by atoms with E-state index >= 15 is 0 Å². The van der Waals surface area contributed by atoms with E-state index in [0.717, 1.165) is 29.8 Å². The summed E-state index contributed by atoms with van der Waals surface area (Å²) in [6.07, 6.45) is 6.60. The first-order chi connectivity index (χ1) is 33.6. The van der Waals surface area contributed by atoms with Crippen molar-refractivity contribution >= 4 is 29.2 Å². The molecule has 10 aromatic rings. The third-order valence-electron chi connectivity index (χ3n) is 14.2. The van der Waals surface area contributed by atoms with Crippen LogP contribution < -0.4 is 4.90 Å². The van der Waals surface area contributed by atoms with Crippen LogP contribution in [-0.2, 0) is 5.41 Å². The number of anilines is 3. The Morgan fingerprint density at radius 1 is 0.309 bits per heavy atom. The second kappa shape index (κ2) is 18.6. The first kappa shape index (κ1) is 42.4. The van der Waals surface area contributed by atoms with Crippen molar-refractivity contribution in [1.82, 2.24) is 0 Å². The van der Waals surface area contributed by atoms with Gasteiger partial charge >= 0.3 is 0 Å². The van der Waals surface area contributed by atoms with Crippen LogP contribution in [0.15, 0.2) is 249 Å². The molecule has 68 heavy (non-hydrogen) atoms. The number of fused-ring (bicyclic) bond motifs is 3. The van der Waals surface area contributed by atoms with E-state index in [9.17, 15) is 0 Å². The zero-order valence-corrected chi connectivity index (χ0v) is 38.7. The Morgan fingerprint density at radius 3 is 1.18 bits per heavy atom. The van der Waals surface area contributed by atoms with Gasteiger partial charge in [0, 0.05) is 22.5 Å². The summed E-state index contributed by atoms with van der Waals surface area (Å²) in [4.78, 5) is 2.38. The minimum absolute atomic E-state index is 0.0883. The Balaban J connectivity index is 0.978. The molecule has 0 saturated heterocycles. The average Bonchev–Trinajstić information content (AvgIpc) is 3.70. The van der Waals surface area contributed by atoms with Gasteiger partial charge in [0.25, 0.3) is 0 Å². The summed E-state index contributed by atoms with van der Waals surface area (Å²) >= 11 is 0. The van der Waals surface area contributed by atoms with Crippen LogP contribution in [0, 0.1) is 0 Å². The van der Waals surface area contributed by atoms with Gasteiger partial charge in [0.05, 0.1) is 0 Å². The van der Waals surface area contributed by atoms with Crippen LogP contribution in [0.25, 0.3) is 78.9 Å². The van der Waals surface area contributed by atoms with Crippen LogP contribution in [0.5, 0.6) is 0 Å². The van der Waals surface area contributed by atoms with E-state index in [1.54, 1.807) is 0 Å². The molecule has 0 radical (unpaired) electrons. The van der Waals surface area contributed by atoms with E-state index in [4.69, 9.17) is 0 Å². The van der Waals surface area contributed by atoms with E-state index < -0.39 is 0 Å². The maximum Gasteiger partial charge on any atom is 0.0465 e. The number of rotatable bonds is 12. The highest BCUT2D eigenvalue weighted by Gasteiger charge is 2.41. The Hall–Kier alpha value is -8.26. The van der Waals surface area contributed by atoms with Crippen LogP contribution >= 0.6 is 0 Å². The number of nitrogens with zero attached hydrogens (tertiary/aromatic N) is 1. The van der Waals surface area contributed by atoms with Crippen LogP contribution in [0.2, 0.25) is 0 Å². The lowest BCUT2D eigenvalue weighted by molar-refractivity contribution is 0.490. The van der Waals surface area contributed by atoms with Crippen molar-refractivity contribution in [2.75, 3.05) is 4.90 Å². The molecule has 0 bridgehead atoms. The third-order valence-corrected chi connectivity index (χ3v) is 14.2. The quantitative estimate of drug-likeness (QED) is 0.111. The van der Waals surface area contributed by atoms with Crippen LogP contribution in [0.3, 0.4) is 0 Å². The highest BCUT2D eigenvalue weighted by atomic mass is 15.1. The van der Waals surface area contributed by atoms with Gasteiger partial charge in [-0.15, -0.1) is 0 Å². The fourth-order valence-electron chi connectivity index (χ4n) is 10.8. The summed E-state index contributed by atoms with van der Waals surface area (Å²) in [6.45, 7) is 4.71. The van der Waals surface area contributed by atoms with Gasteiger partial charge in [-0.1, -0.05) is 232 Å². The highest BCUT2D eigenvalue weighted by molar-refractivity contribution is 6.07. The lowest BCUT2D eigenvalue weighted by Crippen LogP contribution is -2.23. The molecule has 0 amide bonds. The Kier molecular flexibility index (Phi) is 11.6. The molecule has 1 nitrogen and oxygen atoms in total. The van der Waals surface area contributed by atoms with Crippen LogP contribution in [0.4, 0.5) is 17.1 Å². The van der Waals surface area contributed by atoms with Crippen LogP contribution in [-0.4, -0.2) is 0 Å². The van der Waals surface area contributed by atoms with E-state index in [1.807, 2.05) is 0 Å². The number of hydrogen-bond donors (Lipinski definition) is 0. The average molecular weight is 872 g/mol. The van der Waals surface area contributed by atoms with Gasteiger partial charge in [0.2, 0.25) is 0 Å². The van der Waals surface area contributed by atoms with Crippen LogP contribution in [0.1, 0.15) is 48.9 Å². The smallest absolute Gasteiger partial charge is 0.0465 e. The molecule has 10 aromatic carbocycles. The fraction of sp³-hybridized carbons (Fsp3) is 0.0746. The zero-order chi connectivity index (χ0) is 45.9. The van der Waals surface area contributed by atoms with Gasteiger partial charge < -0.3 is 4.90 Å². The Labute approximate surface area is 402 Å². The van der Waals surface area contributed by atoms with Gasteiger partial charge in [0.1, 0.15) is 0 Å². The topological polar surface area (TPSA) is 3.24 Å². The summed E-state index contributed by atoms with van der Waals surface area (Å²) in [7, 11) is 0. The van der Waals surface area contributed by atoms with Crippen molar-refractivity contribution in [2.24, 2.45) is 0 Å². The maximum atomic E-state index is 2.46. The zero-order valence-electron chi connectivity index (χ0n) is 38.7. The molecule has 0 fully saturated rings. The largest absolute Gasteiger partial charge is 0.310 e. The van der Waals surface area contributed by atoms with Crippen molar-refractivity contribution in [3.8, 4) is 66.8 Å². The van der Waals surface area contributed by atoms with Crippen molar-refractivity contribution in [2.45, 2.75) is 32.1 Å².